The molecule has 2 aromatic heterocycles. The number of nitrogens with zero attached hydrogens (tertiary/aromatic N) is 3. The molecule has 0 aliphatic heterocycles. The van der Waals surface area contributed by atoms with Crippen molar-refractivity contribution < 1.29 is 14.2 Å². The zero-order chi connectivity index (χ0) is 21.3. The summed E-state index contributed by atoms with van der Waals surface area (Å²) in [7, 11) is 6.82. The second-order valence-electron chi connectivity index (χ2n) is 7.59. The maximum atomic E-state index is 12.8. The summed E-state index contributed by atoms with van der Waals surface area (Å²) in [5.74, 6) is 1.83. The minimum absolute atomic E-state index is 0.0237. The van der Waals surface area contributed by atoms with E-state index in [9.17, 15) is 4.79 Å². The van der Waals surface area contributed by atoms with E-state index < -0.39 is 0 Å². The highest BCUT2D eigenvalue weighted by molar-refractivity contribution is 7.17. The lowest BCUT2D eigenvalue weighted by atomic mass is 10.0. The lowest BCUT2D eigenvalue weighted by Crippen LogP contribution is -2.22. The van der Waals surface area contributed by atoms with Crippen molar-refractivity contribution >= 4 is 16.3 Å². The molecule has 4 rings (SSSR count). The van der Waals surface area contributed by atoms with E-state index in [1.807, 2.05) is 23.6 Å². The van der Waals surface area contributed by atoms with Gasteiger partial charge in [0.1, 0.15) is 0 Å². The van der Waals surface area contributed by atoms with Crippen molar-refractivity contribution in [1.29, 1.82) is 0 Å². The molecular formula is C22H27N3O4S. The third kappa shape index (κ3) is 3.89. The number of hydrogen-bond acceptors (Lipinski definition) is 7. The summed E-state index contributed by atoms with van der Waals surface area (Å²) in [5.41, 5.74) is 3.00. The Morgan fingerprint density at radius 3 is 2.40 bits per heavy atom. The number of aryl methyl sites for hydroxylation is 2. The van der Waals surface area contributed by atoms with Crippen molar-refractivity contribution in [3.05, 3.63) is 50.4 Å². The summed E-state index contributed by atoms with van der Waals surface area (Å²) in [4.78, 5) is 21.8. The summed E-state index contributed by atoms with van der Waals surface area (Å²) in [6.45, 7) is 1.23. The fourth-order valence-electron chi connectivity index (χ4n) is 4.09. The SMILES string of the molecule is COc1cc(CN(C)Cc2cc(=O)n3c4c(sc3n2)CCCC4)cc(OC)c1OC. The second kappa shape index (κ2) is 8.65. The van der Waals surface area contributed by atoms with Crippen LogP contribution in [-0.4, -0.2) is 42.7 Å². The summed E-state index contributed by atoms with van der Waals surface area (Å²) in [6.07, 6.45) is 4.36. The average molecular weight is 430 g/mol. The van der Waals surface area contributed by atoms with Gasteiger partial charge in [0.25, 0.3) is 5.56 Å². The Hall–Kier alpha value is -2.58. The van der Waals surface area contributed by atoms with Crippen LogP contribution in [0.2, 0.25) is 0 Å². The quantitative estimate of drug-likeness (QED) is 0.574. The van der Waals surface area contributed by atoms with Crippen molar-refractivity contribution in [2.24, 2.45) is 0 Å². The minimum Gasteiger partial charge on any atom is -0.493 e. The van der Waals surface area contributed by atoms with Gasteiger partial charge in [-0.15, -0.1) is 11.3 Å². The van der Waals surface area contributed by atoms with Crippen LogP contribution in [0, 0.1) is 0 Å². The second-order valence-corrected chi connectivity index (χ2v) is 8.65. The summed E-state index contributed by atoms with van der Waals surface area (Å²) >= 11 is 1.66. The van der Waals surface area contributed by atoms with E-state index in [2.05, 4.69) is 4.90 Å². The number of aromatic nitrogens is 2. The van der Waals surface area contributed by atoms with Crippen LogP contribution in [0.5, 0.6) is 17.2 Å². The molecule has 3 aromatic rings. The molecule has 0 saturated heterocycles. The molecule has 8 heteroatoms. The Bertz CT molecular complexity index is 1100. The Morgan fingerprint density at radius 2 is 1.73 bits per heavy atom. The summed E-state index contributed by atoms with van der Waals surface area (Å²) < 4.78 is 18.1. The van der Waals surface area contributed by atoms with Gasteiger partial charge in [0.15, 0.2) is 16.5 Å². The lowest BCUT2D eigenvalue weighted by molar-refractivity contribution is 0.306. The zero-order valence-corrected chi connectivity index (χ0v) is 18.7. The Balaban J connectivity index is 1.56. The number of hydrogen-bond donors (Lipinski definition) is 0. The molecule has 0 spiro atoms. The molecule has 0 bridgehead atoms. The fraction of sp³-hybridized carbons (Fsp3) is 0.455. The lowest BCUT2D eigenvalue weighted by Gasteiger charge is -2.19. The van der Waals surface area contributed by atoms with E-state index in [1.54, 1.807) is 38.7 Å². The maximum Gasteiger partial charge on any atom is 0.259 e. The number of thiazole rings is 1. The highest BCUT2D eigenvalue weighted by Crippen LogP contribution is 2.38. The predicted octanol–water partition coefficient (Wildman–Crippen LogP) is 3.29. The molecule has 7 nitrogen and oxygen atoms in total. The van der Waals surface area contributed by atoms with Gasteiger partial charge in [-0.3, -0.25) is 14.1 Å². The van der Waals surface area contributed by atoms with E-state index >= 15 is 0 Å². The molecule has 0 N–H and O–H groups in total. The standard InChI is InChI=1S/C22H27N3O4S/c1-24(12-14-9-17(27-2)21(29-4)18(10-14)28-3)13-15-11-20(26)25-16-7-5-6-8-19(16)30-22(25)23-15/h9-11H,5-8,12-13H2,1-4H3. The van der Waals surface area contributed by atoms with Gasteiger partial charge >= 0.3 is 0 Å². The van der Waals surface area contributed by atoms with Gasteiger partial charge in [-0.25, -0.2) is 4.98 Å². The first-order valence-electron chi connectivity index (χ1n) is 10.0. The molecule has 160 valence electrons. The Labute approximate surface area is 179 Å². The molecule has 1 aromatic carbocycles. The van der Waals surface area contributed by atoms with Gasteiger partial charge in [-0.2, -0.15) is 0 Å². The molecule has 0 unspecified atom stereocenters. The van der Waals surface area contributed by atoms with Crippen molar-refractivity contribution in [3.63, 3.8) is 0 Å². The molecule has 0 amide bonds. The van der Waals surface area contributed by atoms with E-state index in [1.165, 1.54) is 11.3 Å². The minimum atomic E-state index is 0.0237. The van der Waals surface area contributed by atoms with E-state index in [0.717, 1.165) is 41.2 Å². The summed E-state index contributed by atoms with van der Waals surface area (Å²) in [5, 5.41) is 0. The van der Waals surface area contributed by atoms with Gasteiger partial charge in [0, 0.05) is 29.7 Å². The van der Waals surface area contributed by atoms with Gasteiger partial charge in [-0.1, -0.05) is 0 Å². The van der Waals surface area contributed by atoms with E-state index in [0.29, 0.717) is 30.3 Å². The first-order chi connectivity index (χ1) is 14.5. The zero-order valence-electron chi connectivity index (χ0n) is 17.9. The molecule has 0 atom stereocenters. The van der Waals surface area contributed by atoms with Crippen molar-refractivity contribution in [2.45, 2.75) is 38.8 Å². The molecule has 0 fully saturated rings. The monoisotopic (exact) mass is 429 g/mol. The number of benzene rings is 1. The number of fused-ring (bicyclic) bond motifs is 3. The maximum absolute atomic E-state index is 12.8. The third-order valence-corrected chi connectivity index (χ3v) is 6.57. The van der Waals surface area contributed by atoms with Crippen LogP contribution in [0.25, 0.3) is 4.96 Å². The van der Waals surface area contributed by atoms with Crippen LogP contribution in [0.1, 0.15) is 34.7 Å². The molecule has 30 heavy (non-hydrogen) atoms. The molecular weight excluding hydrogens is 402 g/mol. The number of ether oxygens (including phenoxy) is 3. The van der Waals surface area contributed by atoms with Gasteiger partial charge in [0.05, 0.1) is 27.0 Å². The summed E-state index contributed by atoms with van der Waals surface area (Å²) in [6, 6.07) is 5.55. The molecule has 2 heterocycles. The smallest absolute Gasteiger partial charge is 0.259 e. The topological polar surface area (TPSA) is 65.3 Å². The average Bonchev–Trinajstić information content (AvgIpc) is 3.11. The van der Waals surface area contributed by atoms with E-state index in [-0.39, 0.29) is 5.56 Å². The number of methoxy groups -OCH3 is 3. The largest absolute Gasteiger partial charge is 0.493 e. The highest BCUT2D eigenvalue weighted by atomic mass is 32.1. The molecule has 0 radical (unpaired) electrons. The predicted molar refractivity (Wildman–Crippen MR) is 117 cm³/mol. The van der Waals surface area contributed by atoms with Gasteiger partial charge in [-0.05, 0) is 50.4 Å². The van der Waals surface area contributed by atoms with Crippen molar-refractivity contribution in [2.75, 3.05) is 28.4 Å². The van der Waals surface area contributed by atoms with Gasteiger partial charge < -0.3 is 14.2 Å². The third-order valence-electron chi connectivity index (χ3n) is 5.42. The van der Waals surface area contributed by atoms with Crippen LogP contribution in [0.15, 0.2) is 23.0 Å². The molecule has 1 aliphatic rings. The fourth-order valence-corrected chi connectivity index (χ4v) is 5.33. The number of rotatable bonds is 7. The Kier molecular flexibility index (Phi) is 5.97. The van der Waals surface area contributed by atoms with Crippen molar-refractivity contribution in [1.82, 2.24) is 14.3 Å². The van der Waals surface area contributed by atoms with Crippen molar-refractivity contribution in [3.8, 4) is 17.2 Å². The molecule has 0 saturated carbocycles. The molecule has 1 aliphatic carbocycles. The highest BCUT2D eigenvalue weighted by Gasteiger charge is 2.19. The van der Waals surface area contributed by atoms with Crippen LogP contribution in [0.4, 0.5) is 0 Å². The first kappa shape index (κ1) is 20.7. The van der Waals surface area contributed by atoms with Gasteiger partial charge in [0.2, 0.25) is 5.75 Å². The first-order valence-corrected chi connectivity index (χ1v) is 10.9. The van der Waals surface area contributed by atoms with E-state index in [4.69, 9.17) is 19.2 Å². The van der Waals surface area contributed by atoms with Crippen LogP contribution < -0.4 is 19.8 Å². The normalized spacial score (nSPS) is 13.5. The van der Waals surface area contributed by atoms with Crippen LogP contribution in [0.3, 0.4) is 0 Å². The Morgan fingerprint density at radius 1 is 1.03 bits per heavy atom. The van der Waals surface area contributed by atoms with Crippen LogP contribution >= 0.6 is 11.3 Å². The van der Waals surface area contributed by atoms with Crippen LogP contribution in [-0.2, 0) is 25.9 Å².